The molecule has 1 unspecified atom stereocenters. The second-order valence-electron chi connectivity index (χ2n) is 3.57. The van der Waals surface area contributed by atoms with E-state index < -0.39 is 17.9 Å². The van der Waals surface area contributed by atoms with E-state index in [-0.39, 0.29) is 10.9 Å². The summed E-state index contributed by atoms with van der Waals surface area (Å²) in [5, 5.41) is 18.4. The number of nitrogens with one attached hydrogen (secondary N) is 1. The fourth-order valence-corrected chi connectivity index (χ4v) is 1.82. The molecule has 1 aromatic heterocycles. The highest BCUT2D eigenvalue weighted by atomic mass is 19.1. The molecule has 1 aromatic carbocycles. The monoisotopic (exact) mass is 223 g/mol. The summed E-state index contributed by atoms with van der Waals surface area (Å²) in [6.45, 7) is 1.60. The molecule has 1 heterocycles. The third-order valence-corrected chi connectivity index (χ3v) is 2.52. The van der Waals surface area contributed by atoms with Crippen LogP contribution in [-0.4, -0.2) is 21.2 Å². The number of carboxylic acid groups (broad SMARTS) is 1. The van der Waals surface area contributed by atoms with Gasteiger partial charge in [-0.1, -0.05) is 6.07 Å². The van der Waals surface area contributed by atoms with Crippen LogP contribution in [0.25, 0.3) is 10.9 Å². The molecular weight excluding hydrogens is 213 g/mol. The minimum absolute atomic E-state index is 0.0839. The van der Waals surface area contributed by atoms with Crippen molar-refractivity contribution in [3.8, 4) is 0 Å². The quantitative estimate of drug-likeness (QED) is 0.725. The number of hydrogen-bond acceptors (Lipinski definition) is 2. The molecule has 0 aliphatic rings. The minimum atomic E-state index is -1.72. The first-order valence-corrected chi connectivity index (χ1v) is 4.70. The molecule has 1 atom stereocenters. The van der Waals surface area contributed by atoms with Crippen LogP contribution in [0.15, 0.2) is 18.2 Å². The SMILES string of the molecule is Cc1[nH]c2cccc(F)c2c1C(O)C(=O)O. The molecule has 5 heteroatoms. The first-order chi connectivity index (χ1) is 7.52. The highest BCUT2D eigenvalue weighted by Crippen LogP contribution is 2.29. The van der Waals surface area contributed by atoms with Gasteiger partial charge in [-0.3, -0.25) is 0 Å². The topological polar surface area (TPSA) is 73.3 Å². The van der Waals surface area contributed by atoms with Gasteiger partial charge in [-0.05, 0) is 19.1 Å². The molecule has 0 radical (unpaired) electrons. The maximum atomic E-state index is 13.6. The molecule has 4 nitrogen and oxygen atoms in total. The highest BCUT2D eigenvalue weighted by molar-refractivity contribution is 5.90. The number of halogens is 1. The molecule has 2 rings (SSSR count). The fraction of sp³-hybridized carbons (Fsp3) is 0.182. The van der Waals surface area contributed by atoms with Crippen molar-refractivity contribution in [1.29, 1.82) is 0 Å². The van der Waals surface area contributed by atoms with Crippen LogP contribution in [0.4, 0.5) is 4.39 Å². The Morgan fingerprint density at radius 1 is 1.50 bits per heavy atom. The molecule has 2 aromatic rings. The van der Waals surface area contributed by atoms with Gasteiger partial charge in [-0.25, -0.2) is 9.18 Å². The van der Waals surface area contributed by atoms with Crippen LogP contribution in [-0.2, 0) is 4.79 Å². The number of aromatic amines is 1. The van der Waals surface area contributed by atoms with Crippen molar-refractivity contribution in [1.82, 2.24) is 4.98 Å². The molecule has 0 spiro atoms. The molecule has 3 N–H and O–H groups in total. The highest BCUT2D eigenvalue weighted by Gasteiger charge is 2.24. The van der Waals surface area contributed by atoms with Gasteiger partial charge in [0.15, 0.2) is 6.10 Å². The molecule has 0 bridgehead atoms. The average molecular weight is 223 g/mol. The number of benzene rings is 1. The molecular formula is C11H10FNO3. The predicted octanol–water partition coefficient (Wildman–Crippen LogP) is 1.73. The van der Waals surface area contributed by atoms with Gasteiger partial charge in [0.25, 0.3) is 0 Å². The zero-order valence-electron chi connectivity index (χ0n) is 8.49. The number of hydrogen-bond donors (Lipinski definition) is 3. The zero-order chi connectivity index (χ0) is 11.9. The number of rotatable bonds is 2. The van der Waals surface area contributed by atoms with Crippen molar-refractivity contribution in [3.63, 3.8) is 0 Å². The minimum Gasteiger partial charge on any atom is -0.479 e. The lowest BCUT2D eigenvalue weighted by molar-refractivity contribution is -0.146. The normalized spacial score (nSPS) is 12.9. The lowest BCUT2D eigenvalue weighted by Gasteiger charge is -2.05. The van der Waals surface area contributed by atoms with E-state index >= 15 is 0 Å². The Bertz CT molecular complexity index is 562. The van der Waals surface area contributed by atoms with Crippen molar-refractivity contribution >= 4 is 16.9 Å². The molecule has 0 aliphatic heterocycles. The maximum Gasteiger partial charge on any atom is 0.337 e. The van der Waals surface area contributed by atoms with Crippen molar-refractivity contribution in [3.05, 3.63) is 35.3 Å². The van der Waals surface area contributed by atoms with Gasteiger partial charge in [0.1, 0.15) is 5.82 Å². The van der Waals surface area contributed by atoms with Crippen LogP contribution in [0, 0.1) is 12.7 Å². The van der Waals surface area contributed by atoms with E-state index in [0.717, 1.165) is 0 Å². The standard InChI is InChI=1S/C11H10FNO3/c1-5-8(10(14)11(15)16)9-6(12)3-2-4-7(9)13-5/h2-4,10,13-14H,1H3,(H,15,16). The third kappa shape index (κ3) is 1.45. The van der Waals surface area contributed by atoms with Gasteiger partial charge in [-0.15, -0.1) is 0 Å². The van der Waals surface area contributed by atoms with E-state index in [1.807, 2.05) is 0 Å². The number of aliphatic hydroxyl groups excluding tert-OH is 1. The molecule has 0 saturated heterocycles. The second kappa shape index (κ2) is 3.61. The van der Waals surface area contributed by atoms with E-state index in [0.29, 0.717) is 11.2 Å². The molecule has 16 heavy (non-hydrogen) atoms. The van der Waals surface area contributed by atoms with Crippen molar-refractivity contribution in [2.45, 2.75) is 13.0 Å². The van der Waals surface area contributed by atoms with E-state index in [1.165, 1.54) is 12.1 Å². The zero-order valence-corrected chi connectivity index (χ0v) is 8.49. The summed E-state index contributed by atoms with van der Waals surface area (Å²) >= 11 is 0. The van der Waals surface area contributed by atoms with E-state index in [1.54, 1.807) is 13.0 Å². The van der Waals surface area contributed by atoms with E-state index in [2.05, 4.69) is 4.98 Å². The van der Waals surface area contributed by atoms with Crippen LogP contribution in [0.3, 0.4) is 0 Å². The van der Waals surface area contributed by atoms with Crippen molar-refractivity contribution in [2.24, 2.45) is 0 Å². The van der Waals surface area contributed by atoms with Gasteiger partial charge < -0.3 is 15.2 Å². The summed E-state index contributed by atoms with van der Waals surface area (Å²) in [7, 11) is 0. The number of aliphatic carboxylic acids is 1. The summed E-state index contributed by atoms with van der Waals surface area (Å²) in [5.41, 5.74) is 1.02. The molecule has 0 amide bonds. The smallest absolute Gasteiger partial charge is 0.337 e. The Kier molecular flexibility index (Phi) is 2.40. The fourth-order valence-electron chi connectivity index (χ4n) is 1.82. The van der Waals surface area contributed by atoms with Gasteiger partial charge in [0.2, 0.25) is 0 Å². The molecule has 0 saturated carbocycles. The van der Waals surface area contributed by atoms with Gasteiger partial charge >= 0.3 is 5.97 Å². The average Bonchev–Trinajstić information content (AvgIpc) is 2.54. The van der Waals surface area contributed by atoms with Crippen LogP contribution in [0.1, 0.15) is 17.4 Å². The predicted molar refractivity (Wildman–Crippen MR) is 55.6 cm³/mol. The van der Waals surface area contributed by atoms with Gasteiger partial charge in [0, 0.05) is 22.2 Å². The van der Waals surface area contributed by atoms with Crippen LogP contribution >= 0.6 is 0 Å². The van der Waals surface area contributed by atoms with Crippen molar-refractivity contribution < 1.29 is 19.4 Å². The lowest BCUT2D eigenvalue weighted by Crippen LogP contribution is -2.11. The van der Waals surface area contributed by atoms with E-state index in [4.69, 9.17) is 5.11 Å². The number of aliphatic hydroxyl groups is 1. The molecule has 0 fully saturated rings. The first kappa shape index (κ1) is 10.6. The lowest BCUT2D eigenvalue weighted by atomic mass is 10.1. The van der Waals surface area contributed by atoms with Gasteiger partial charge in [-0.2, -0.15) is 0 Å². The number of carbonyl (C=O) groups is 1. The largest absolute Gasteiger partial charge is 0.479 e. The Hall–Kier alpha value is -1.88. The summed E-state index contributed by atoms with van der Waals surface area (Å²) < 4.78 is 13.6. The second-order valence-corrected chi connectivity index (χ2v) is 3.57. The van der Waals surface area contributed by atoms with Crippen LogP contribution in [0.2, 0.25) is 0 Å². The number of carboxylic acids is 1. The first-order valence-electron chi connectivity index (χ1n) is 4.70. The Morgan fingerprint density at radius 2 is 2.19 bits per heavy atom. The summed E-state index contributed by atoms with van der Waals surface area (Å²) in [6, 6.07) is 4.38. The summed E-state index contributed by atoms with van der Waals surface area (Å²) in [5.74, 6) is -1.94. The number of aromatic nitrogens is 1. The molecule has 0 aliphatic carbocycles. The Balaban J connectivity index is 2.77. The maximum absolute atomic E-state index is 13.6. The summed E-state index contributed by atoms with van der Waals surface area (Å²) in [6.07, 6.45) is -1.72. The summed E-state index contributed by atoms with van der Waals surface area (Å²) in [4.78, 5) is 13.6. The van der Waals surface area contributed by atoms with Gasteiger partial charge in [0.05, 0.1) is 0 Å². The Labute approximate surface area is 90.3 Å². The Morgan fingerprint density at radius 3 is 2.81 bits per heavy atom. The van der Waals surface area contributed by atoms with Crippen LogP contribution < -0.4 is 0 Å². The van der Waals surface area contributed by atoms with Crippen LogP contribution in [0.5, 0.6) is 0 Å². The molecule has 84 valence electrons. The van der Waals surface area contributed by atoms with Crippen molar-refractivity contribution in [2.75, 3.05) is 0 Å². The number of aryl methyl sites for hydroxylation is 1. The third-order valence-electron chi connectivity index (χ3n) is 2.52. The van der Waals surface area contributed by atoms with E-state index in [9.17, 15) is 14.3 Å². The number of H-pyrrole nitrogens is 1. The number of fused-ring (bicyclic) bond motifs is 1.